The van der Waals surface area contributed by atoms with E-state index < -0.39 is 6.10 Å². The Bertz CT molecular complexity index is 722. The third kappa shape index (κ3) is 3.26. The van der Waals surface area contributed by atoms with E-state index >= 15 is 0 Å². The second kappa shape index (κ2) is 7.07. The quantitative estimate of drug-likeness (QED) is 0.925. The van der Waals surface area contributed by atoms with Crippen LogP contribution in [0.5, 0.6) is 0 Å². The van der Waals surface area contributed by atoms with Crippen LogP contribution in [0.2, 0.25) is 0 Å². The summed E-state index contributed by atoms with van der Waals surface area (Å²) in [5.41, 5.74) is 1.20. The predicted octanol–water partition coefficient (Wildman–Crippen LogP) is 2.94. The SMILES string of the molecule is CCc1sc(C(=O)N2CCCC(C(O)c3nccn3C)C2)cc1C. The number of hydrogen-bond acceptors (Lipinski definition) is 4. The van der Waals surface area contributed by atoms with Crippen molar-refractivity contribution in [2.24, 2.45) is 13.0 Å². The maximum Gasteiger partial charge on any atom is 0.263 e. The highest BCUT2D eigenvalue weighted by atomic mass is 32.1. The first-order valence-corrected chi connectivity index (χ1v) is 9.36. The molecule has 2 unspecified atom stereocenters. The van der Waals surface area contributed by atoms with Crippen LogP contribution in [0.15, 0.2) is 18.5 Å². The van der Waals surface area contributed by atoms with Gasteiger partial charge in [-0.1, -0.05) is 6.92 Å². The molecule has 1 fully saturated rings. The van der Waals surface area contributed by atoms with Gasteiger partial charge in [0, 0.05) is 43.3 Å². The summed E-state index contributed by atoms with van der Waals surface area (Å²) in [5.74, 6) is 0.810. The number of amides is 1. The summed E-state index contributed by atoms with van der Waals surface area (Å²) in [4.78, 5) is 21.1. The van der Waals surface area contributed by atoms with E-state index in [-0.39, 0.29) is 11.8 Å². The standard InChI is InChI=1S/C18H25N3O2S/c1-4-14-12(2)10-15(24-14)18(23)21-8-5-6-13(11-21)16(22)17-19-7-9-20(17)3/h7,9-10,13,16,22H,4-6,8,11H2,1-3H3. The van der Waals surface area contributed by atoms with Gasteiger partial charge >= 0.3 is 0 Å². The molecule has 2 atom stereocenters. The average molecular weight is 347 g/mol. The molecule has 0 bridgehead atoms. The average Bonchev–Trinajstić information content (AvgIpc) is 3.19. The summed E-state index contributed by atoms with van der Waals surface area (Å²) in [7, 11) is 1.89. The van der Waals surface area contributed by atoms with E-state index in [0.717, 1.165) is 30.7 Å². The molecule has 3 heterocycles. The number of likely N-dealkylation sites (tertiary alicyclic amines) is 1. The molecule has 0 saturated carbocycles. The van der Waals surface area contributed by atoms with E-state index in [2.05, 4.69) is 18.8 Å². The van der Waals surface area contributed by atoms with Crippen LogP contribution in [0.25, 0.3) is 0 Å². The molecule has 2 aromatic rings. The van der Waals surface area contributed by atoms with Crippen molar-refractivity contribution in [1.29, 1.82) is 0 Å². The van der Waals surface area contributed by atoms with Crippen molar-refractivity contribution in [1.82, 2.24) is 14.5 Å². The second-order valence-electron chi connectivity index (χ2n) is 6.57. The lowest BCUT2D eigenvalue weighted by Crippen LogP contribution is -2.41. The van der Waals surface area contributed by atoms with Crippen LogP contribution < -0.4 is 0 Å². The zero-order chi connectivity index (χ0) is 17.3. The van der Waals surface area contributed by atoms with Crippen LogP contribution in [0.3, 0.4) is 0 Å². The molecule has 0 aliphatic carbocycles. The van der Waals surface area contributed by atoms with E-state index in [9.17, 15) is 9.90 Å². The van der Waals surface area contributed by atoms with E-state index in [1.807, 2.05) is 28.8 Å². The maximum absolute atomic E-state index is 12.8. The third-order valence-electron chi connectivity index (χ3n) is 4.87. The Balaban J connectivity index is 1.73. The van der Waals surface area contributed by atoms with Gasteiger partial charge < -0.3 is 14.6 Å². The van der Waals surface area contributed by atoms with Gasteiger partial charge in [0.25, 0.3) is 5.91 Å². The van der Waals surface area contributed by atoms with Gasteiger partial charge in [0.15, 0.2) is 0 Å². The molecule has 3 rings (SSSR count). The van der Waals surface area contributed by atoms with Crippen molar-refractivity contribution in [2.75, 3.05) is 13.1 Å². The number of piperidine rings is 1. The highest BCUT2D eigenvalue weighted by Crippen LogP contribution is 2.31. The number of aliphatic hydroxyl groups is 1. The van der Waals surface area contributed by atoms with Crippen molar-refractivity contribution >= 4 is 17.2 Å². The van der Waals surface area contributed by atoms with E-state index in [1.165, 1.54) is 10.4 Å². The van der Waals surface area contributed by atoms with Crippen molar-refractivity contribution in [3.63, 3.8) is 0 Å². The van der Waals surface area contributed by atoms with Crippen molar-refractivity contribution < 1.29 is 9.90 Å². The molecule has 0 spiro atoms. The number of imidazole rings is 1. The first-order chi connectivity index (χ1) is 11.5. The van der Waals surface area contributed by atoms with Crippen molar-refractivity contribution in [2.45, 2.75) is 39.2 Å². The Morgan fingerprint density at radius 3 is 2.96 bits per heavy atom. The number of aliphatic hydroxyl groups excluding tert-OH is 1. The normalized spacial score (nSPS) is 19.5. The molecular weight excluding hydrogens is 322 g/mol. The van der Waals surface area contributed by atoms with Gasteiger partial charge in [-0.25, -0.2) is 4.98 Å². The zero-order valence-electron chi connectivity index (χ0n) is 14.5. The summed E-state index contributed by atoms with van der Waals surface area (Å²) in [6, 6.07) is 2.00. The number of nitrogens with zero attached hydrogens (tertiary/aromatic N) is 3. The minimum Gasteiger partial charge on any atom is -0.385 e. The fraction of sp³-hybridized carbons (Fsp3) is 0.556. The summed E-state index contributed by atoms with van der Waals surface area (Å²) in [6.07, 6.45) is 5.71. The van der Waals surface area contributed by atoms with Gasteiger partial charge in [-0.05, 0) is 37.8 Å². The van der Waals surface area contributed by atoms with Gasteiger partial charge in [0.1, 0.15) is 11.9 Å². The van der Waals surface area contributed by atoms with Crippen LogP contribution in [-0.2, 0) is 13.5 Å². The smallest absolute Gasteiger partial charge is 0.263 e. The second-order valence-corrected chi connectivity index (χ2v) is 7.70. The fourth-order valence-corrected chi connectivity index (χ4v) is 4.54. The Kier molecular flexibility index (Phi) is 5.06. The number of carbonyl (C=O) groups excluding carboxylic acids is 1. The number of carbonyl (C=O) groups is 1. The van der Waals surface area contributed by atoms with Gasteiger partial charge in [-0.15, -0.1) is 11.3 Å². The van der Waals surface area contributed by atoms with E-state index in [1.54, 1.807) is 17.5 Å². The topological polar surface area (TPSA) is 58.4 Å². The molecule has 2 aromatic heterocycles. The summed E-state index contributed by atoms with van der Waals surface area (Å²) in [6.45, 7) is 5.54. The highest BCUT2D eigenvalue weighted by molar-refractivity contribution is 7.14. The third-order valence-corrected chi connectivity index (χ3v) is 6.24. The molecule has 1 aliphatic heterocycles. The van der Waals surface area contributed by atoms with Gasteiger partial charge in [-0.2, -0.15) is 0 Å². The number of thiophene rings is 1. The molecule has 1 N–H and O–H groups in total. The zero-order valence-corrected chi connectivity index (χ0v) is 15.3. The summed E-state index contributed by atoms with van der Waals surface area (Å²) >= 11 is 1.60. The van der Waals surface area contributed by atoms with Crippen molar-refractivity contribution in [3.05, 3.63) is 39.6 Å². The first kappa shape index (κ1) is 17.2. The van der Waals surface area contributed by atoms with Crippen LogP contribution in [-0.4, -0.2) is 38.6 Å². The molecule has 5 nitrogen and oxygen atoms in total. The first-order valence-electron chi connectivity index (χ1n) is 8.55. The Labute approximate surface area is 146 Å². The van der Waals surface area contributed by atoms with E-state index in [0.29, 0.717) is 12.4 Å². The Morgan fingerprint density at radius 2 is 2.33 bits per heavy atom. The Morgan fingerprint density at radius 1 is 1.54 bits per heavy atom. The van der Waals surface area contributed by atoms with Gasteiger partial charge in [0.2, 0.25) is 0 Å². The molecule has 0 aromatic carbocycles. The minimum absolute atomic E-state index is 0.0375. The molecule has 6 heteroatoms. The largest absolute Gasteiger partial charge is 0.385 e. The lowest BCUT2D eigenvalue weighted by molar-refractivity contribution is 0.0361. The summed E-state index contributed by atoms with van der Waals surface area (Å²) < 4.78 is 1.85. The van der Waals surface area contributed by atoms with Gasteiger partial charge in [0.05, 0.1) is 4.88 Å². The van der Waals surface area contributed by atoms with Crippen LogP contribution in [0.1, 0.15) is 51.8 Å². The molecule has 1 aliphatic rings. The number of aryl methyl sites for hydroxylation is 3. The lowest BCUT2D eigenvalue weighted by atomic mass is 9.92. The maximum atomic E-state index is 12.8. The highest BCUT2D eigenvalue weighted by Gasteiger charge is 2.32. The molecular formula is C18H25N3O2S. The predicted molar refractivity (Wildman–Crippen MR) is 95.2 cm³/mol. The number of aromatic nitrogens is 2. The number of hydrogen-bond donors (Lipinski definition) is 1. The fourth-order valence-electron chi connectivity index (χ4n) is 3.46. The number of rotatable bonds is 4. The lowest BCUT2D eigenvalue weighted by Gasteiger charge is -2.34. The van der Waals surface area contributed by atoms with Crippen molar-refractivity contribution in [3.8, 4) is 0 Å². The van der Waals surface area contributed by atoms with Crippen LogP contribution in [0, 0.1) is 12.8 Å². The Hall–Kier alpha value is -1.66. The molecule has 1 amide bonds. The monoisotopic (exact) mass is 347 g/mol. The minimum atomic E-state index is -0.628. The summed E-state index contributed by atoms with van der Waals surface area (Å²) in [5, 5.41) is 10.7. The van der Waals surface area contributed by atoms with Gasteiger partial charge in [-0.3, -0.25) is 4.79 Å². The van der Waals surface area contributed by atoms with Crippen LogP contribution >= 0.6 is 11.3 Å². The van der Waals surface area contributed by atoms with Crippen LogP contribution in [0.4, 0.5) is 0 Å². The molecule has 24 heavy (non-hydrogen) atoms. The molecule has 1 saturated heterocycles. The molecule has 0 radical (unpaired) electrons. The molecule has 130 valence electrons. The van der Waals surface area contributed by atoms with E-state index in [4.69, 9.17) is 0 Å².